The lowest BCUT2D eigenvalue weighted by molar-refractivity contribution is 0.0605. The second-order valence-corrected chi connectivity index (χ2v) is 7.57. The van der Waals surface area contributed by atoms with E-state index < -0.39 is 0 Å². The molecule has 1 aliphatic heterocycles. The number of piperazine rings is 1. The van der Waals surface area contributed by atoms with Crippen LogP contribution in [0.15, 0.2) is 30.6 Å². The first-order valence-corrected chi connectivity index (χ1v) is 9.91. The van der Waals surface area contributed by atoms with Gasteiger partial charge in [0.1, 0.15) is 27.6 Å². The lowest BCUT2D eigenvalue weighted by Crippen LogP contribution is -2.47. The molecular formula is C20H22N4O3S. The van der Waals surface area contributed by atoms with Gasteiger partial charge < -0.3 is 19.3 Å². The minimum Gasteiger partial charge on any atom is -0.495 e. The van der Waals surface area contributed by atoms with Gasteiger partial charge in [-0.15, -0.1) is 11.3 Å². The van der Waals surface area contributed by atoms with Crippen molar-refractivity contribution >= 4 is 39.0 Å². The number of aromatic nitrogens is 2. The Morgan fingerprint density at radius 1 is 1.07 bits per heavy atom. The summed E-state index contributed by atoms with van der Waals surface area (Å²) in [5.74, 6) is 1.44. The van der Waals surface area contributed by atoms with Crippen molar-refractivity contribution in [2.24, 2.45) is 0 Å². The molecule has 0 amide bonds. The standard InChI is InChI=1S/C20H22N4O3S/c1-13-16-18(21-12-22-19(16)28-17(13)20(25)27-3)24-10-8-23(9-11-24)14-6-4-5-7-15(14)26-2/h4-7,12H,8-11H2,1-3H3. The Bertz CT molecular complexity index is 1010. The number of benzene rings is 1. The first-order valence-electron chi connectivity index (χ1n) is 9.09. The van der Waals surface area contributed by atoms with Crippen LogP contribution in [0, 0.1) is 6.92 Å². The molecule has 4 rings (SSSR count). The summed E-state index contributed by atoms with van der Waals surface area (Å²) in [6.07, 6.45) is 1.57. The van der Waals surface area contributed by atoms with Gasteiger partial charge in [0.25, 0.3) is 0 Å². The normalized spacial score (nSPS) is 14.4. The van der Waals surface area contributed by atoms with E-state index in [1.165, 1.54) is 18.4 Å². The number of nitrogens with zero attached hydrogens (tertiary/aromatic N) is 4. The number of anilines is 2. The molecular weight excluding hydrogens is 376 g/mol. The van der Waals surface area contributed by atoms with Gasteiger partial charge in [0.05, 0.1) is 25.3 Å². The van der Waals surface area contributed by atoms with E-state index in [4.69, 9.17) is 9.47 Å². The van der Waals surface area contributed by atoms with Crippen LogP contribution in [0.3, 0.4) is 0 Å². The van der Waals surface area contributed by atoms with Crippen LogP contribution in [0.25, 0.3) is 10.2 Å². The Balaban J connectivity index is 1.61. The van der Waals surface area contributed by atoms with Crippen molar-refractivity contribution in [3.63, 3.8) is 0 Å². The molecule has 1 saturated heterocycles. The third-order valence-corrected chi connectivity index (χ3v) is 6.26. The number of ether oxygens (including phenoxy) is 2. The molecule has 1 aliphatic rings. The molecule has 0 N–H and O–H groups in total. The molecule has 0 radical (unpaired) electrons. The molecule has 0 bridgehead atoms. The van der Waals surface area contributed by atoms with Crippen LogP contribution in [0.4, 0.5) is 11.5 Å². The monoisotopic (exact) mass is 398 g/mol. The number of aryl methyl sites for hydroxylation is 1. The lowest BCUT2D eigenvalue weighted by Gasteiger charge is -2.37. The second kappa shape index (κ2) is 7.63. The van der Waals surface area contributed by atoms with Crippen molar-refractivity contribution in [3.8, 4) is 5.75 Å². The van der Waals surface area contributed by atoms with E-state index in [1.807, 2.05) is 25.1 Å². The minimum atomic E-state index is -0.326. The molecule has 1 aromatic carbocycles. The maximum absolute atomic E-state index is 12.1. The van der Waals surface area contributed by atoms with Crippen LogP contribution in [-0.4, -0.2) is 56.3 Å². The fourth-order valence-corrected chi connectivity index (χ4v) is 4.69. The van der Waals surface area contributed by atoms with Gasteiger partial charge in [-0.3, -0.25) is 0 Å². The Hall–Kier alpha value is -2.87. The van der Waals surface area contributed by atoms with Crippen molar-refractivity contribution in [1.29, 1.82) is 0 Å². The molecule has 2 aromatic heterocycles. The van der Waals surface area contributed by atoms with Gasteiger partial charge in [-0.05, 0) is 24.6 Å². The molecule has 3 heterocycles. The summed E-state index contributed by atoms with van der Waals surface area (Å²) >= 11 is 1.36. The molecule has 0 unspecified atom stereocenters. The summed E-state index contributed by atoms with van der Waals surface area (Å²) in [5.41, 5.74) is 1.99. The number of carbonyl (C=O) groups is 1. The van der Waals surface area contributed by atoms with Gasteiger partial charge in [-0.1, -0.05) is 12.1 Å². The highest BCUT2D eigenvalue weighted by Gasteiger charge is 2.25. The number of rotatable bonds is 4. The number of fused-ring (bicyclic) bond motifs is 1. The summed E-state index contributed by atoms with van der Waals surface area (Å²) in [4.78, 5) is 27.0. The highest BCUT2D eigenvalue weighted by atomic mass is 32.1. The molecule has 28 heavy (non-hydrogen) atoms. The fraction of sp³-hybridized carbons (Fsp3) is 0.350. The van der Waals surface area contributed by atoms with Crippen LogP contribution in [-0.2, 0) is 4.74 Å². The largest absolute Gasteiger partial charge is 0.495 e. The van der Waals surface area contributed by atoms with Crippen LogP contribution in [0.5, 0.6) is 5.75 Å². The highest BCUT2D eigenvalue weighted by Crippen LogP contribution is 2.36. The Morgan fingerprint density at radius 2 is 1.79 bits per heavy atom. The molecule has 0 saturated carbocycles. The number of hydrogen-bond acceptors (Lipinski definition) is 8. The number of carbonyl (C=O) groups excluding carboxylic acids is 1. The van der Waals surface area contributed by atoms with Crippen LogP contribution >= 0.6 is 11.3 Å². The molecule has 3 aromatic rings. The maximum Gasteiger partial charge on any atom is 0.348 e. The summed E-state index contributed by atoms with van der Waals surface area (Å²) in [6, 6.07) is 8.08. The molecule has 0 atom stereocenters. The second-order valence-electron chi connectivity index (χ2n) is 6.57. The van der Waals surface area contributed by atoms with E-state index >= 15 is 0 Å². The zero-order valence-electron chi connectivity index (χ0n) is 16.1. The van der Waals surface area contributed by atoms with Crippen molar-refractivity contribution in [2.75, 3.05) is 50.2 Å². The number of hydrogen-bond donors (Lipinski definition) is 0. The van der Waals surface area contributed by atoms with Gasteiger partial charge in [0, 0.05) is 26.2 Å². The predicted molar refractivity (Wildman–Crippen MR) is 111 cm³/mol. The smallest absolute Gasteiger partial charge is 0.348 e. The van der Waals surface area contributed by atoms with Crippen molar-refractivity contribution in [1.82, 2.24) is 9.97 Å². The average Bonchev–Trinajstić information content (AvgIpc) is 3.10. The number of thiophene rings is 1. The summed E-state index contributed by atoms with van der Waals surface area (Å²) in [5, 5.41) is 0.943. The van der Waals surface area contributed by atoms with Crippen LogP contribution in [0.1, 0.15) is 15.2 Å². The molecule has 1 fully saturated rings. The topological polar surface area (TPSA) is 67.8 Å². The van der Waals surface area contributed by atoms with E-state index in [1.54, 1.807) is 13.4 Å². The van der Waals surface area contributed by atoms with Crippen molar-refractivity contribution < 1.29 is 14.3 Å². The van der Waals surface area contributed by atoms with E-state index in [9.17, 15) is 4.79 Å². The predicted octanol–water partition coefficient (Wildman–Crippen LogP) is 3.12. The summed E-state index contributed by atoms with van der Waals surface area (Å²) < 4.78 is 10.4. The maximum atomic E-state index is 12.1. The Labute approximate surface area is 167 Å². The van der Waals surface area contributed by atoms with E-state index in [-0.39, 0.29) is 5.97 Å². The third-order valence-electron chi connectivity index (χ3n) is 5.08. The van der Waals surface area contributed by atoms with Crippen molar-refractivity contribution in [3.05, 3.63) is 41.0 Å². The molecule has 7 nitrogen and oxygen atoms in total. The van der Waals surface area contributed by atoms with E-state index in [0.29, 0.717) is 4.88 Å². The molecule has 8 heteroatoms. The number of methoxy groups -OCH3 is 2. The van der Waals surface area contributed by atoms with Gasteiger partial charge >= 0.3 is 5.97 Å². The van der Waals surface area contributed by atoms with Gasteiger partial charge in [-0.25, -0.2) is 14.8 Å². The minimum absolute atomic E-state index is 0.326. The summed E-state index contributed by atoms with van der Waals surface area (Å²) in [6.45, 7) is 5.31. The lowest BCUT2D eigenvalue weighted by atomic mass is 10.1. The average molecular weight is 398 g/mol. The highest BCUT2D eigenvalue weighted by molar-refractivity contribution is 7.20. The van der Waals surface area contributed by atoms with Gasteiger partial charge in [0.2, 0.25) is 0 Å². The van der Waals surface area contributed by atoms with Crippen LogP contribution in [0.2, 0.25) is 0 Å². The zero-order valence-corrected chi connectivity index (χ0v) is 17.0. The quantitative estimate of drug-likeness (QED) is 0.626. The van der Waals surface area contributed by atoms with Gasteiger partial charge in [-0.2, -0.15) is 0 Å². The van der Waals surface area contributed by atoms with Crippen molar-refractivity contribution in [2.45, 2.75) is 6.92 Å². The first-order chi connectivity index (χ1) is 13.6. The van der Waals surface area contributed by atoms with Crippen LogP contribution < -0.4 is 14.5 Å². The Kier molecular flexibility index (Phi) is 5.04. The van der Waals surface area contributed by atoms with Gasteiger partial charge in [0.15, 0.2) is 0 Å². The van der Waals surface area contributed by atoms with E-state index in [2.05, 4.69) is 25.8 Å². The third kappa shape index (κ3) is 3.13. The fourth-order valence-electron chi connectivity index (χ4n) is 3.63. The molecule has 146 valence electrons. The van der Waals surface area contributed by atoms with E-state index in [0.717, 1.165) is 59.2 Å². The molecule has 0 aliphatic carbocycles. The number of para-hydroxylation sites is 2. The first kappa shape index (κ1) is 18.5. The summed E-state index contributed by atoms with van der Waals surface area (Å²) in [7, 11) is 3.10. The SMILES string of the molecule is COC(=O)c1sc2ncnc(N3CCN(c4ccccc4OC)CC3)c2c1C. The molecule has 0 spiro atoms. The zero-order chi connectivity index (χ0) is 19.7. The number of esters is 1. The Morgan fingerprint density at radius 3 is 2.50 bits per heavy atom.